The van der Waals surface area contributed by atoms with E-state index in [0.717, 1.165) is 18.9 Å². The minimum absolute atomic E-state index is 0.0629. The highest BCUT2D eigenvalue weighted by molar-refractivity contribution is 7.88. The van der Waals surface area contributed by atoms with E-state index in [-0.39, 0.29) is 12.3 Å². The van der Waals surface area contributed by atoms with E-state index >= 15 is 0 Å². The zero-order chi connectivity index (χ0) is 22.1. The van der Waals surface area contributed by atoms with Crippen LogP contribution in [0.1, 0.15) is 33.1 Å². The normalized spacial score (nSPS) is 19.4. The van der Waals surface area contributed by atoms with Crippen LogP contribution in [0, 0.1) is 0 Å². The molecule has 1 rings (SSSR count). The molecule has 29 heavy (non-hydrogen) atoms. The second-order valence-electron chi connectivity index (χ2n) is 6.17. The van der Waals surface area contributed by atoms with E-state index in [1.807, 2.05) is 6.92 Å². The maximum atomic E-state index is 13.2. The lowest BCUT2D eigenvalue weighted by molar-refractivity contribution is -0.0540. The first-order valence-electron chi connectivity index (χ1n) is 8.94. The minimum Gasteiger partial charge on any atom is -0.379 e. The maximum Gasteiger partial charge on any atom is 0.534 e. The van der Waals surface area contributed by atoms with Gasteiger partial charge in [-0.25, -0.2) is 9.38 Å². The van der Waals surface area contributed by atoms with Gasteiger partial charge in [0.1, 0.15) is 12.8 Å². The van der Waals surface area contributed by atoms with Crippen LogP contribution in [-0.4, -0.2) is 51.9 Å². The zero-order valence-electron chi connectivity index (χ0n) is 16.2. The topological polar surface area (TPSA) is 74.2 Å². The van der Waals surface area contributed by atoms with Crippen LogP contribution in [-0.2, 0) is 23.8 Å². The Labute approximate surface area is 168 Å². The van der Waals surface area contributed by atoms with Crippen LogP contribution >= 0.6 is 0 Å². The van der Waals surface area contributed by atoms with Crippen LogP contribution < -0.4 is 0 Å². The van der Waals surface area contributed by atoms with Crippen LogP contribution in [0.3, 0.4) is 0 Å². The Balaban J connectivity index is 2.93. The average molecular weight is 443 g/mol. The number of ether oxygens (including phenoxy) is 2. The number of alkyl halides is 4. The van der Waals surface area contributed by atoms with E-state index in [1.165, 1.54) is 6.08 Å². The lowest BCUT2D eigenvalue weighted by Crippen LogP contribution is -2.30. The van der Waals surface area contributed by atoms with Crippen LogP contribution in [0.15, 0.2) is 41.1 Å². The molecule has 0 aliphatic heterocycles. The van der Waals surface area contributed by atoms with E-state index < -0.39 is 40.4 Å². The van der Waals surface area contributed by atoms with Gasteiger partial charge in [-0.1, -0.05) is 26.0 Å². The van der Waals surface area contributed by atoms with Crippen LogP contribution in [0.25, 0.3) is 0 Å². The Morgan fingerprint density at radius 1 is 1.45 bits per heavy atom. The van der Waals surface area contributed by atoms with Crippen LogP contribution in [0.2, 0.25) is 0 Å². The van der Waals surface area contributed by atoms with Gasteiger partial charge in [0, 0.05) is 6.61 Å². The first-order chi connectivity index (χ1) is 13.6. The first-order valence-corrected chi connectivity index (χ1v) is 10.3. The summed E-state index contributed by atoms with van der Waals surface area (Å²) in [6.07, 6.45) is 4.61. The predicted molar refractivity (Wildman–Crippen MR) is 101 cm³/mol. The first kappa shape index (κ1) is 25.3. The molecule has 166 valence electrons. The van der Waals surface area contributed by atoms with Gasteiger partial charge in [-0.15, -0.1) is 0 Å². The van der Waals surface area contributed by atoms with E-state index in [2.05, 4.69) is 15.8 Å². The SMILES string of the molecule is C=CC(=NC1=C(C)[C@H](OC(CF)COCCCC)CC=C1)OS(=O)(=O)C(F)(F)F. The molecule has 1 aliphatic rings. The van der Waals surface area contributed by atoms with Gasteiger partial charge in [0.25, 0.3) is 0 Å². The number of allylic oxidation sites excluding steroid dienone is 1. The summed E-state index contributed by atoms with van der Waals surface area (Å²) in [5.41, 5.74) is -4.98. The standard InChI is InChI=1S/C18H25F4NO5S/c1-4-6-10-26-12-14(11-19)27-16-9-7-8-15(13(16)3)23-17(5-2)28-29(24,25)18(20,21)22/h5,7-8,14,16H,2,4,6,9-12H2,1,3H3/t14?,16-/m1/s1. The van der Waals surface area contributed by atoms with Crippen molar-refractivity contribution in [2.75, 3.05) is 19.9 Å². The lowest BCUT2D eigenvalue weighted by Gasteiger charge is -2.26. The Morgan fingerprint density at radius 2 is 2.14 bits per heavy atom. The molecule has 0 bridgehead atoms. The second-order valence-corrected chi connectivity index (χ2v) is 7.71. The van der Waals surface area contributed by atoms with Gasteiger partial charge in [-0.2, -0.15) is 21.6 Å². The molecule has 6 nitrogen and oxygen atoms in total. The van der Waals surface area contributed by atoms with Crippen LogP contribution in [0.4, 0.5) is 17.6 Å². The molecule has 0 aromatic heterocycles. The van der Waals surface area contributed by atoms with E-state index in [1.54, 1.807) is 13.0 Å². The second kappa shape index (κ2) is 11.5. The Bertz CT molecular complexity index is 744. The zero-order valence-corrected chi connectivity index (χ0v) is 17.1. The van der Waals surface area contributed by atoms with E-state index in [9.17, 15) is 26.0 Å². The fraction of sp³-hybridized carbons (Fsp3) is 0.611. The van der Waals surface area contributed by atoms with Gasteiger partial charge >= 0.3 is 15.6 Å². The summed E-state index contributed by atoms with van der Waals surface area (Å²) in [5, 5.41) is 0. The minimum atomic E-state index is -5.87. The summed E-state index contributed by atoms with van der Waals surface area (Å²) in [5.74, 6) is -0.841. The van der Waals surface area contributed by atoms with Crippen molar-refractivity contribution in [3.63, 3.8) is 0 Å². The van der Waals surface area contributed by atoms with Gasteiger partial charge in [0.15, 0.2) is 0 Å². The molecule has 0 saturated carbocycles. The molecule has 1 aliphatic carbocycles. The summed E-state index contributed by atoms with van der Waals surface area (Å²) < 4.78 is 88.1. The molecule has 0 aromatic rings. The molecule has 0 fully saturated rings. The van der Waals surface area contributed by atoms with Gasteiger partial charge in [-0.3, -0.25) is 0 Å². The molecular weight excluding hydrogens is 418 g/mol. The molecule has 0 spiro atoms. The highest BCUT2D eigenvalue weighted by Gasteiger charge is 2.49. The summed E-state index contributed by atoms with van der Waals surface area (Å²) >= 11 is 0. The number of rotatable bonds is 11. The third-order valence-corrected chi connectivity index (χ3v) is 4.83. The average Bonchev–Trinajstić information content (AvgIpc) is 2.65. The summed E-state index contributed by atoms with van der Waals surface area (Å²) in [4.78, 5) is 3.79. The van der Waals surface area contributed by atoms with Crippen molar-refractivity contribution in [1.29, 1.82) is 0 Å². The molecule has 1 unspecified atom stereocenters. The number of unbranched alkanes of at least 4 members (excludes halogenated alkanes) is 1. The maximum absolute atomic E-state index is 13.2. The predicted octanol–water partition coefficient (Wildman–Crippen LogP) is 4.21. The molecule has 0 N–H and O–H groups in total. The number of hydrogen-bond donors (Lipinski definition) is 0. The third-order valence-electron chi connectivity index (χ3n) is 3.87. The summed E-state index contributed by atoms with van der Waals surface area (Å²) in [7, 11) is -5.87. The highest BCUT2D eigenvalue weighted by atomic mass is 32.2. The largest absolute Gasteiger partial charge is 0.534 e. The van der Waals surface area contributed by atoms with E-state index in [0.29, 0.717) is 18.6 Å². The third kappa shape index (κ3) is 7.90. The monoisotopic (exact) mass is 443 g/mol. The van der Waals surface area contributed by atoms with Crippen molar-refractivity contribution in [2.45, 2.75) is 50.8 Å². The molecule has 0 saturated heterocycles. The Kier molecular flexibility index (Phi) is 10.0. The van der Waals surface area contributed by atoms with Gasteiger partial charge in [-0.05, 0) is 37.5 Å². The molecular formula is C18H25F4NO5S. The highest BCUT2D eigenvalue weighted by Crippen LogP contribution is 2.27. The number of nitrogens with zero attached hydrogens (tertiary/aromatic N) is 1. The molecule has 0 heterocycles. The summed E-state index contributed by atoms with van der Waals surface area (Å²) in [6, 6.07) is 0. The fourth-order valence-corrected chi connectivity index (χ4v) is 2.67. The van der Waals surface area contributed by atoms with E-state index in [4.69, 9.17) is 9.47 Å². The van der Waals surface area contributed by atoms with Gasteiger partial charge in [0.05, 0.1) is 18.4 Å². The van der Waals surface area contributed by atoms with Crippen molar-refractivity contribution in [3.8, 4) is 0 Å². The Morgan fingerprint density at radius 3 is 2.69 bits per heavy atom. The lowest BCUT2D eigenvalue weighted by atomic mass is 10.0. The van der Waals surface area contributed by atoms with Crippen molar-refractivity contribution in [2.24, 2.45) is 4.99 Å². The summed E-state index contributed by atoms with van der Waals surface area (Å²) in [6.45, 7) is 6.58. The van der Waals surface area contributed by atoms with Gasteiger partial charge in [0.2, 0.25) is 5.90 Å². The molecule has 11 heteroatoms. The smallest absolute Gasteiger partial charge is 0.379 e. The Hall–Kier alpha value is -1.72. The molecule has 2 atom stereocenters. The number of halogens is 4. The molecule has 0 radical (unpaired) electrons. The van der Waals surface area contributed by atoms with Crippen molar-refractivity contribution >= 4 is 16.0 Å². The molecule has 0 amide bonds. The van der Waals surface area contributed by atoms with Crippen molar-refractivity contribution in [1.82, 2.24) is 0 Å². The van der Waals surface area contributed by atoms with Crippen LogP contribution in [0.5, 0.6) is 0 Å². The number of aliphatic imine (C=N–C) groups is 1. The van der Waals surface area contributed by atoms with Crippen molar-refractivity contribution in [3.05, 3.63) is 36.1 Å². The van der Waals surface area contributed by atoms with Crippen molar-refractivity contribution < 1.29 is 39.6 Å². The molecule has 0 aromatic carbocycles. The number of hydrogen-bond acceptors (Lipinski definition) is 6. The fourth-order valence-electron chi connectivity index (χ4n) is 2.25. The van der Waals surface area contributed by atoms with Gasteiger partial charge < -0.3 is 13.7 Å². The quantitative estimate of drug-likeness (QED) is 0.119.